The summed E-state index contributed by atoms with van der Waals surface area (Å²) >= 11 is 0. The number of carbonyl (C=O) groups excluding carboxylic acids is 1. The maximum atomic E-state index is 11.9. The van der Waals surface area contributed by atoms with Crippen LogP contribution in [0.1, 0.15) is 22.8 Å². The molecular weight excluding hydrogens is 285 g/mol. The van der Waals surface area contributed by atoms with Crippen LogP contribution in [-0.2, 0) is 0 Å². The van der Waals surface area contributed by atoms with Crippen molar-refractivity contribution in [2.75, 3.05) is 32.4 Å². The summed E-state index contributed by atoms with van der Waals surface area (Å²) in [6.45, 7) is 6.48. The molecule has 6 heteroatoms. The van der Waals surface area contributed by atoms with Gasteiger partial charge in [-0.2, -0.15) is 0 Å². The predicted octanol–water partition coefficient (Wildman–Crippen LogP) is 2.10. The molecule has 0 radical (unpaired) electrons. The van der Waals surface area contributed by atoms with E-state index in [1.54, 1.807) is 12.1 Å². The standard InChI is InChI=1S/C13H21N3O.2ClH/c1-4-16(3)8-7-15-13(17)12-9-11(14)6-5-10(12)2;;/h5-6,9H,4,7-8,14H2,1-3H3,(H,15,17);2*1H. The number of nitrogens with two attached hydrogens (primary N) is 1. The SMILES string of the molecule is CCN(C)CCNC(=O)c1cc(N)ccc1C.Cl.Cl. The van der Waals surface area contributed by atoms with E-state index in [0.29, 0.717) is 17.8 Å². The average molecular weight is 308 g/mol. The molecule has 4 nitrogen and oxygen atoms in total. The van der Waals surface area contributed by atoms with Crippen LogP contribution in [0.5, 0.6) is 0 Å². The van der Waals surface area contributed by atoms with Crippen molar-refractivity contribution in [1.82, 2.24) is 10.2 Å². The number of carbonyl (C=O) groups is 1. The Morgan fingerprint density at radius 2 is 2.00 bits per heavy atom. The van der Waals surface area contributed by atoms with Crippen LogP contribution < -0.4 is 11.1 Å². The van der Waals surface area contributed by atoms with E-state index in [2.05, 4.69) is 17.1 Å². The molecule has 1 amide bonds. The van der Waals surface area contributed by atoms with E-state index in [9.17, 15) is 4.79 Å². The number of nitrogen functional groups attached to an aromatic ring is 1. The van der Waals surface area contributed by atoms with E-state index in [4.69, 9.17) is 5.73 Å². The summed E-state index contributed by atoms with van der Waals surface area (Å²) in [7, 11) is 2.03. The maximum Gasteiger partial charge on any atom is 0.251 e. The van der Waals surface area contributed by atoms with Gasteiger partial charge in [0.2, 0.25) is 0 Å². The summed E-state index contributed by atoms with van der Waals surface area (Å²) in [5.74, 6) is -0.0562. The second kappa shape index (κ2) is 9.89. The lowest BCUT2D eigenvalue weighted by atomic mass is 10.1. The molecule has 0 aliphatic carbocycles. The van der Waals surface area contributed by atoms with Crippen LogP contribution in [0.25, 0.3) is 0 Å². The first-order valence-corrected chi connectivity index (χ1v) is 5.87. The van der Waals surface area contributed by atoms with E-state index in [-0.39, 0.29) is 30.7 Å². The molecule has 1 rings (SSSR count). The van der Waals surface area contributed by atoms with Crippen molar-refractivity contribution in [2.24, 2.45) is 0 Å². The molecule has 1 aromatic carbocycles. The minimum Gasteiger partial charge on any atom is -0.399 e. The summed E-state index contributed by atoms with van der Waals surface area (Å²) in [5, 5.41) is 2.90. The molecule has 0 aliphatic heterocycles. The molecule has 0 saturated carbocycles. The van der Waals surface area contributed by atoms with E-state index in [1.165, 1.54) is 0 Å². The maximum absolute atomic E-state index is 11.9. The molecule has 0 spiro atoms. The van der Waals surface area contributed by atoms with Crippen LogP contribution >= 0.6 is 24.8 Å². The number of halogens is 2. The molecule has 0 saturated heterocycles. The first-order valence-electron chi connectivity index (χ1n) is 5.87. The fraction of sp³-hybridized carbons (Fsp3) is 0.462. The molecule has 0 aliphatic rings. The van der Waals surface area contributed by atoms with Crippen molar-refractivity contribution in [3.8, 4) is 0 Å². The molecule has 1 aromatic rings. The van der Waals surface area contributed by atoms with Gasteiger partial charge in [0.15, 0.2) is 0 Å². The monoisotopic (exact) mass is 307 g/mol. The molecule has 0 aromatic heterocycles. The van der Waals surface area contributed by atoms with Crippen molar-refractivity contribution in [1.29, 1.82) is 0 Å². The largest absolute Gasteiger partial charge is 0.399 e. The molecule has 0 heterocycles. The first-order chi connectivity index (χ1) is 8.04. The van der Waals surface area contributed by atoms with Crippen molar-refractivity contribution in [3.05, 3.63) is 29.3 Å². The third-order valence-corrected chi connectivity index (χ3v) is 2.83. The zero-order chi connectivity index (χ0) is 12.8. The van der Waals surface area contributed by atoms with Crippen LogP contribution in [0.2, 0.25) is 0 Å². The number of amides is 1. The number of anilines is 1. The van der Waals surface area contributed by atoms with Gasteiger partial charge in [0, 0.05) is 24.3 Å². The highest BCUT2D eigenvalue weighted by atomic mass is 35.5. The Morgan fingerprint density at radius 1 is 1.37 bits per heavy atom. The molecular formula is C13H23Cl2N3O. The second-order valence-corrected chi connectivity index (χ2v) is 4.23. The average Bonchev–Trinajstić information content (AvgIpc) is 2.31. The van der Waals surface area contributed by atoms with Crippen LogP contribution in [0, 0.1) is 6.92 Å². The summed E-state index contributed by atoms with van der Waals surface area (Å²) < 4.78 is 0. The predicted molar refractivity (Wildman–Crippen MR) is 85.6 cm³/mol. The molecule has 3 N–H and O–H groups in total. The lowest BCUT2D eigenvalue weighted by molar-refractivity contribution is 0.0949. The Balaban J connectivity index is 0. The van der Waals surface area contributed by atoms with E-state index in [0.717, 1.165) is 18.7 Å². The van der Waals surface area contributed by atoms with Crippen LogP contribution in [0.15, 0.2) is 18.2 Å². The molecule has 110 valence electrons. The summed E-state index contributed by atoms with van der Waals surface area (Å²) in [6.07, 6.45) is 0. The Kier molecular flexibility index (Phi) is 10.6. The Labute approximate surface area is 127 Å². The van der Waals surface area contributed by atoms with Crippen LogP contribution in [0.4, 0.5) is 5.69 Å². The number of rotatable bonds is 5. The summed E-state index contributed by atoms with van der Waals surface area (Å²) in [6, 6.07) is 5.38. The van der Waals surface area contributed by atoms with Crippen LogP contribution in [0.3, 0.4) is 0 Å². The minimum absolute atomic E-state index is 0. The van der Waals surface area contributed by atoms with E-state index < -0.39 is 0 Å². The smallest absolute Gasteiger partial charge is 0.251 e. The van der Waals surface area contributed by atoms with Crippen LogP contribution in [-0.4, -0.2) is 37.5 Å². The van der Waals surface area contributed by atoms with Gasteiger partial charge in [-0.1, -0.05) is 13.0 Å². The highest BCUT2D eigenvalue weighted by molar-refractivity contribution is 5.96. The van der Waals surface area contributed by atoms with Gasteiger partial charge in [-0.05, 0) is 38.2 Å². The molecule has 0 atom stereocenters. The number of hydrogen-bond acceptors (Lipinski definition) is 3. The van der Waals surface area contributed by atoms with Gasteiger partial charge >= 0.3 is 0 Å². The lowest BCUT2D eigenvalue weighted by Gasteiger charge is -2.14. The number of benzene rings is 1. The number of nitrogens with zero attached hydrogens (tertiary/aromatic N) is 1. The number of nitrogens with one attached hydrogen (secondary N) is 1. The van der Waals surface area contributed by atoms with E-state index >= 15 is 0 Å². The number of aryl methyl sites for hydroxylation is 1. The van der Waals surface area contributed by atoms with E-state index in [1.807, 2.05) is 20.0 Å². The number of likely N-dealkylation sites (N-methyl/N-ethyl adjacent to an activating group) is 1. The second-order valence-electron chi connectivity index (χ2n) is 4.23. The molecule has 19 heavy (non-hydrogen) atoms. The van der Waals surface area contributed by atoms with Crippen molar-refractivity contribution >= 4 is 36.4 Å². The van der Waals surface area contributed by atoms with Gasteiger partial charge in [0.1, 0.15) is 0 Å². The normalized spacial score (nSPS) is 9.47. The molecule has 0 bridgehead atoms. The summed E-state index contributed by atoms with van der Waals surface area (Å²) in [5.41, 5.74) is 7.89. The van der Waals surface area contributed by atoms with Crippen molar-refractivity contribution in [2.45, 2.75) is 13.8 Å². The minimum atomic E-state index is -0.0562. The van der Waals surface area contributed by atoms with Gasteiger partial charge in [-0.25, -0.2) is 0 Å². The zero-order valence-corrected chi connectivity index (χ0v) is 13.2. The Hall–Kier alpha value is -0.970. The lowest BCUT2D eigenvalue weighted by Crippen LogP contribution is -2.33. The highest BCUT2D eigenvalue weighted by Gasteiger charge is 2.08. The topological polar surface area (TPSA) is 58.4 Å². The highest BCUT2D eigenvalue weighted by Crippen LogP contribution is 2.12. The third kappa shape index (κ3) is 6.66. The van der Waals surface area contributed by atoms with Gasteiger partial charge < -0.3 is 16.0 Å². The molecule has 0 unspecified atom stereocenters. The fourth-order valence-corrected chi connectivity index (χ4v) is 1.50. The number of hydrogen-bond donors (Lipinski definition) is 2. The van der Waals surface area contributed by atoms with Crippen molar-refractivity contribution < 1.29 is 4.79 Å². The van der Waals surface area contributed by atoms with Gasteiger partial charge in [-0.15, -0.1) is 24.8 Å². The quantitative estimate of drug-likeness (QED) is 0.819. The first kappa shape index (κ1) is 20.3. The third-order valence-electron chi connectivity index (χ3n) is 2.83. The fourth-order valence-electron chi connectivity index (χ4n) is 1.50. The summed E-state index contributed by atoms with van der Waals surface area (Å²) in [4.78, 5) is 14.0. The van der Waals surface area contributed by atoms with Crippen molar-refractivity contribution in [3.63, 3.8) is 0 Å². The van der Waals surface area contributed by atoms with Gasteiger partial charge in [0.05, 0.1) is 0 Å². The van der Waals surface area contributed by atoms with Gasteiger partial charge in [-0.3, -0.25) is 4.79 Å². The van der Waals surface area contributed by atoms with Gasteiger partial charge in [0.25, 0.3) is 5.91 Å². The Bertz CT molecular complexity index is 399. The molecule has 0 fully saturated rings. The Morgan fingerprint density at radius 3 is 2.58 bits per heavy atom. The zero-order valence-electron chi connectivity index (χ0n) is 11.6.